The Morgan fingerprint density at radius 2 is 2.42 bits per heavy atom. The minimum Gasteiger partial charge on any atom is -0.394 e. The molecule has 1 aromatic heterocycles. The van der Waals surface area contributed by atoms with Crippen LogP contribution in [-0.2, 0) is 4.74 Å². The largest absolute Gasteiger partial charge is 0.394 e. The topological polar surface area (TPSA) is 88.7 Å². The van der Waals surface area contributed by atoms with Crippen LogP contribution in [0.5, 0.6) is 0 Å². The number of aliphatic hydroxyl groups excluding tert-OH is 1. The van der Waals surface area contributed by atoms with Gasteiger partial charge in [0, 0.05) is 13.1 Å². The van der Waals surface area contributed by atoms with Crippen LogP contribution in [0.25, 0.3) is 0 Å². The second kappa shape index (κ2) is 5.50. The van der Waals surface area contributed by atoms with Crippen molar-refractivity contribution in [3.05, 3.63) is 23.6 Å². The Kier molecular flexibility index (Phi) is 3.96. The molecule has 19 heavy (non-hydrogen) atoms. The summed E-state index contributed by atoms with van der Waals surface area (Å²) in [4.78, 5) is 17.4. The second-order valence-electron chi connectivity index (χ2n) is 4.55. The van der Waals surface area contributed by atoms with Crippen LogP contribution in [0.3, 0.4) is 0 Å². The standard InChI is InChI=1S/C12H16FN3O3/c1-7-4-16(5-9(6-17)19-7)12(18)10-2-8(13)3-15-11(10)14/h2-3,7,9,17H,4-6H2,1H3,(H2,14,15). The Bertz CT molecular complexity index is 483. The molecule has 1 aliphatic heterocycles. The molecule has 0 aromatic carbocycles. The molecule has 2 atom stereocenters. The van der Waals surface area contributed by atoms with Crippen molar-refractivity contribution < 1.29 is 19.0 Å². The van der Waals surface area contributed by atoms with Crippen LogP contribution in [0.2, 0.25) is 0 Å². The Hall–Kier alpha value is -1.73. The number of aromatic nitrogens is 1. The van der Waals surface area contributed by atoms with Gasteiger partial charge in [-0.05, 0) is 13.0 Å². The third kappa shape index (κ3) is 2.99. The third-order valence-corrected chi connectivity index (χ3v) is 2.93. The van der Waals surface area contributed by atoms with E-state index in [2.05, 4.69) is 4.98 Å². The molecule has 0 spiro atoms. The molecular weight excluding hydrogens is 253 g/mol. The molecule has 0 saturated carbocycles. The molecule has 7 heteroatoms. The van der Waals surface area contributed by atoms with Gasteiger partial charge in [0.1, 0.15) is 11.6 Å². The van der Waals surface area contributed by atoms with Gasteiger partial charge in [-0.2, -0.15) is 0 Å². The molecule has 6 nitrogen and oxygen atoms in total. The minimum absolute atomic E-state index is 0.00825. The van der Waals surface area contributed by atoms with Crippen LogP contribution in [-0.4, -0.2) is 52.8 Å². The number of ether oxygens (including phenoxy) is 1. The summed E-state index contributed by atoms with van der Waals surface area (Å²) in [6.07, 6.45) is 0.331. The Labute approximate surface area is 110 Å². The van der Waals surface area contributed by atoms with E-state index >= 15 is 0 Å². The van der Waals surface area contributed by atoms with Crippen molar-refractivity contribution in [1.82, 2.24) is 9.88 Å². The molecule has 0 aliphatic carbocycles. The molecule has 2 rings (SSSR count). The maximum atomic E-state index is 13.1. The number of carbonyl (C=O) groups excluding carboxylic acids is 1. The summed E-state index contributed by atoms with van der Waals surface area (Å²) < 4.78 is 18.6. The predicted molar refractivity (Wildman–Crippen MR) is 65.9 cm³/mol. The van der Waals surface area contributed by atoms with Crippen molar-refractivity contribution in [2.75, 3.05) is 25.4 Å². The lowest BCUT2D eigenvalue weighted by Gasteiger charge is -2.36. The molecule has 0 bridgehead atoms. The van der Waals surface area contributed by atoms with Gasteiger partial charge in [-0.3, -0.25) is 4.79 Å². The quantitative estimate of drug-likeness (QED) is 0.790. The minimum atomic E-state index is -0.613. The molecule has 1 aliphatic rings. The number of aliphatic hydroxyl groups is 1. The fourth-order valence-corrected chi connectivity index (χ4v) is 2.10. The summed E-state index contributed by atoms with van der Waals surface area (Å²) in [6.45, 7) is 2.24. The van der Waals surface area contributed by atoms with E-state index in [1.54, 1.807) is 6.92 Å². The number of pyridine rings is 1. The van der Waals surface area contributed by atoms with Crippen molar-refractivity contribution in [3.8, 4) is 0 Å². The second-order valence-corrected chi connectivity index (χ2v) is 4.55. The van der Waals surface area contributed by atoms with E-state index in [0.29, 0.717) is 6.54 Å². The zero-order chi connectivity index (χ0) is 14.0. The average molecular weight is 269 g/mol. The Morgan fingerprint density at radius 1 is 1.68 bits per heavy atom. The Morgan fingerprint density at radius 3 is 3.11 bits per heavy atom. The number of hydrogen-bond acceptors (Lipinski definition) is 5. The molecule has 1 saturated heterocycles. The molecular formula is C12H16FN3O3. The highest BCUT2D eigenvalue weighted by molar-refractivity contribution is 5.98. The monoisotopic (exact) mass is 269 g/mol. The maximum absolute atomic E-state index is 13.1. The summed E-state index contributed by atoms with van der Waals surface area (Å²) in [5.74, 6) is -1.03. The number of anilines is 1. The molecule has 3 N–H and O–H groups in total. The number of nitrogens with two attached hydrogens (primary N) is 1. The number of halogens is 1. The molecule has 1 amide bonds. The zero-order valence-corrected chi connectivity index (χ0v) is 10.5. The smallest absolute Gasteiger partial charge is 0.257 e. The first kappa shape index (κ1) is 13.7. The number of rotatable bonds is 2. The van der Waals surface area contributed by atoms with Crippen molar-refractivity contribution in [3.63, 3.8) is 0 Å². The van der Waals surface area contributed by atoms with Gasteiger partial charge in [-0.1, -0.05) is 0 Å². The van der Waals surface area contributed by atoms with E-state index < -0.39 is 17.8 Å². The first-order valence-electron chi connectivity index (χ1n) is 5.98. The van der Waals surface area contributed by atoms with Gasteiger partial charge in [0.2, 0.25) is 0 Å². The van der Waals surface area contributed by atoms with Gasteiger partial charge < -0.3 is 20.5 Å². The normalized spacial score (nSPS) is 23.4. The van der Waals surface area contributed by atoms with Crippen LogP contribution in [0.15, 0.2) is 12.3 Å². The van der Waals surface area contributed by atoms with Crippen molar-refractivity contribution >= 4 is 11.7 Å². The summed E-state index contributed by atoms with van der Waals surface area (Å²) in [5, 5.41) is 9.12. The van der Waals surface area contributed by atoms with Gasteiger partial charge >= 0.3 is 0 Å². The van der Waals surface area contributed by atoms with Crippen molar-refractivity contribution in [2.24, 2.45) is 0 Å². The van der Waals surface area contributed by atoms with E-state index in [0.717, 1.165) is 12.3 Å². The zero-order valence-electron chi connectivity index (χ0n) is 10.5. The molecule has 2 unspecified atom stereocenters. The fourth-order valence-electron chi connectivity index (χ4n) is 2.10. The van der Waals surface area contributed by atoms with Crippen LogP contribution in [0, 0.1) is 5.82 Å². The van der Waals surface area contributed by atoms with E-state index in [-0.39, 0.29) is 30.6 Å². The van der Waals surface area contributed by atoms with Crippen molar-refractivity contribution in [1.29, 1.82) is 0 Å². The van der Waals surface area contributed by atoms with Crippen LogP contribution in [0.4, 0.5) is 10.2 Å². The number of nitrogen functional groups attached to an aromatic ring is 1. The lowest BCUT2D eigenvalue weighted by atomic mass is 10.1. The SMILES string of the molecule is CC1CN(C(=O)c2cc(F)cnc2N)CC(CO)O1. The fraction of sp³-hybridized carbons (Fsp3) is 0.500. The van der Waals surface area contributed by atoms with Gasteiger partial charge in [0.25, 0.3) is 5.91 Å². The molecule has 1 aromatic rings. The highest BCUT2D eigenvalue weighted by Crippen LogP contribution is 2.17. The van der Waals surface area contributed by atoms with Crippen LogP contribution in [0.1, 0.15) is 17.3 Å². The number of morpholine rings is 1. The number of carbonyl (C=O) groups is 1. The third-order valence-electron chi connectivity index (χ3n) is 2.93. The van der Waals surface area contributed by atoms with E-state index in [1.807, 2.05) is 0 Å². The van der Waals surface area contributed by atoms with Crippen LogP contribution < -0.4 is 5.73 Å². The highest BCUT2D eigenvalue weighted by atomic mass is 19.1. The van der Waals surface area contributed by atoms with Crippen molar-refractivity contribution in [2.45, 2.75) is 19.1 Å². The predicted octanol–water partition coefficient (Wildman–Crippen LogP) is 0.0247. The number of nitrogens with zero attached hydrogens (tertiary/aromatic N) is 2. The lowest BCUT2D eigenvalue weighted by Crippen LogP contribution is -2.50. The van der Waals surface area contributed by atoms with Crippen LogP contribution >= 0.6 is 0 Å². The average Bonchev–Trinajstić information content (AvgIpc) is 2.40. The molecule has 0 radical (unpaired) electrons. The highest BCUT2D eigenvalue weighted by Gasteiger charge is 2.29. The first-order chi connectivity index (χ1) is 9.01. The summed E-state index contributed by atoms with van der Waals surface area (Å²) in [6, 6.07) is 1.07. The molecule has 104 valence electrons. The molecule has 2 heterocycles. The van der Waals surface area contributed by atoms with Gasteiger partial charge in [0.05, 0.1) is 30.6 Å². The van der Waals surface area contributed by atoms with E-state index in [9.17, 15) is 9.18 Å². The van der Waals surface area contributed by atoms with Gasteiger partial charge in [-0.15, -0.1) is 0 Å². The summed E-state index contributed by atoms with van der Waals surface area (Å²) in [7, 11) is 0. The molecule has 1 fully saturated rings. The number of amides is 1. The lowest BCUT2D eigenvalue weighted by molar-refractivity contribution is -0.0858. The summed E-state index contributed by atoms with van der Waals surface area (Å²) in [5.41, 5.74) is 5.63. The maximum Gasteiger partial charge on any atom is 0.257 e. The summed E-state index contributed by atoms with van der Waals surface area (Å²) >= 11 is 0. The van der Waals surface area contributed by atoms with Gasteiger partial charge in [0.15, 0.2) is 0 Å². The van der Waals surface area contributed by atoms with E-state index in [4.69, 9.17) is 15.6 Å². The first-order valence-corrected chi connectivity index (χ1v) is 5.98. The van der Waals surface area contributed by atoms with Gasteiger partial charge in [-0.25, -0.2) is 9.37 Å². The Balaban J connectivity index is 2.21. The number of hydrogen-bond donors (Lipinski definition) is 2. The van der Waals surface area contributed by atoms with E-state index in [1.165, 1.54) is 4.90 Å².